The lowest BCUT2D eigenvalue weighted by molar-refractivity contribution is -0.141. The molecule has 2 saturated heterocycles. The van der Waals surface area contributed by atoms with E-state index in [4.69, 9.17) is 34.4 Å². The number of ether oxygens (including phenoxy) is 1. The van der Waals surface area contributed by atoms with E-state index >= 15 is 0 Å². The first-order valence-corrected chi connectivity index (χ1v) is 17.8. The van der Waals surface area contributed by atoms with Crippen molar-refractivity contribution in [1.82, 2.24) is 20.4 Å². The smallest absolute Gasteiger partial charge is 0.262 e. The Morgan fingerprint density at radius 1 is 0.956 bits per heavy atom. The van der Waals surface area contributed by atoms with Crippen LogP contribution in [0.3, 0.4) is 0 Å². The normalized spacial score (nSPS) is 22.2. The monoisotopic (exact) mass is 668 g/mol. The van der Waals surface area contributed by atoms with Gasteiger partial charge in [-0.15, -0.1) is 6.42 Å². The molecule has 0 radical (unpaired) electrons. The molecule has 0 aliphatic carbocycles. The summed E-state index contributed by atoms with van der Waals surface area (Å²) >= 11 is 12.5. The molecule has 11 heteroatoms. The number of hydrogen-bond donors (Lipinski definition) is 2. The molecule has 0 saturated carbocycles. The number of piperazine rings is 1. The molecule has 8 nitrogen and oxygen atoms in total. The number of hydrogen-bond acceptors (Lipinski definition) is 7. The minimum absolute atomic E-state index is 0.136. The van der Waals surface area contributed by atoms with Crippen LogP contribution < -0.4 is 15.4 Å². The third kappa shape index (κ3) is 7.66. The van der Waals surface area contributed by atoms with Crippen molar-refractivity contribution in [3.63, 3.8) is 0 Å². The summed E-state index contributed by atoms with van der Waals surface area (Å²) in [5.74, 6) is 3.21. The molecule has 238 valence electrons. The zero-order valence-electron chi connectivity index (χ0n) is 25.4. The third-order valence-corrected chi connectivity index (χ3v) is 9.89. The van der Waals surface area contributed by atoms with Crippen LogP contribution in [0.2, 0.25) is 10.0 Å². The molecule has 5 rings (SSSR count). The first kappa shape index (κ1) is 33.3. The highest BCUT2D eigenvalue weighted by atomic mass is 35.5. The average molecular weight is 670 g/mol. The Balaban J connectivity index is 1.54. The summed E-state index contributed by atoms with van der Waals surface area (Å²) in [5.41, 5.74) is 1.82. The van der Waals surface area contributed by atoms with Gasteiger partial charge in [0.2, 0.25) is 0 Å². The Bertz CT molecular complexity index is 1600. The Morgan fingerprint density at radius 3 is 2.00 bits per heavy atom. The maximum atomic E-state index is 14.9. The largest absolute Gasteiger partial charge is 0.493 e. The topological polar surface area (TPSA) is 91.0 Å². The summed E-state index contributed by atoms with van der Waals surface area (Å²) in [7, 11) is -3.02. The van der Waals surface area contributed by atoms with Crippen LogP contribution in [-0.2, 0) is 20.3 Å². The van der Waals surface area contributed by atoms with Gasteiger partial charge in [0.05, 0.1) is 24.4 Å². The summed E-state index contributed by atoms with van der Waals surface area (Å²) in [6, 6.07) is 20.1. The minimum Gasteiger partial charge on any atom is -0.493 e. The molecular weight excluding hydrogens is 631 g/mol. The van der Waals surface area contributed by atoms with Gasteiger partial charge in [-0.3, -0.25) is 20.3 Å². The first-order chi connectivity index (χ1) is 21.5. The van der Waals surface area contributed by atoms with Gasteiger partial charge in [0.25, 0.3) is 5.91 Å². The van der Waals surface area contributed by atoms with Crippen LogP contribution in [0.15, 0.2) is 66.7 Å². The van der Waals surface area contributed by atoms with Crippen LogP contribution in [0.5, 0.6) is 5.75 Å². The number of amides is 1. The van der Waals surface area contributed by atoms with Crippen molar-refractivity contribution in [2.75, 3.05) is 51.3 Å². The SMILES string of the molecule is C#Cc1ccc(C2(C(=O)N3CCN(CCCS(C)(=O)=O)CC3)N[C@H](c3ccc(Cl)cc3)[C@H](c3ccc(Cl)cc3)N2)c(OCC)c1. The Kier molecular flexibility index (Phi) is 10.4. The summed E-state index contributed by atoms with van der Waals surface area (Å²) in [4.78, 5) is 19.0. The van der Waals surface area contributed by atoms with Gasteiger partial charge in [-0.25, -0.2) is 8.42 Å². The molecular formula is C34H38Cl2N4O4S. The molecule has 2 N–H and O–H groups in total. The fourth-order valence-corrected chi connectivity index (χ4v) is 7.03. The van der Waals surface area contributed by atoms with Crippen LogP contribution in [0.4, 0.5) is 0 Å². The zero-order chi connectivity index (χ0) is 32.2. The van der Waals surface area contributed by atoms with Crippen molar-refractivity contribution < 1.29 is 17.9 Å². The Morgan fingerprint density at radius 2 is 1.51 bits per heavy atom. The number of carbonyl (C=O) groups is 1. The predicted octanol–water partition coefficient (Wildman–Crippen LogP) is 4.78. The van der Waals surface area contributed by atoms with Crippen molar-refractivity contribution in [2.45, 2.75) is 31.1 Å². The van der Waals surface area contributed by atoms with Gasteiger partial charge in [0.1, 0.15) is 15.6 Å². The second-order valence-electron chi connectivity index (χ2n) is 11.5. The van der Waals surface area contributed by atoms with E-state index in [1.54, 1.807) is 6.07 Å². The van der Waals surface area contributed by atoms with E-state index in [9.17, 15) is 13.2 Å². The number of rotatable bonds is 10. The standard InChI is InChI=1S/C34H38Cl2N4O4S/c1-4-24-7-16-29(30(23-24)44-5-2)34(33(41)40-20-18-39(19-21-40)17-6-22-45(3,42)43)37-31(25-8-12-27(35)13-9-25)32(38-34)26-10-14-28(36)15-11-26/h1,7-16,23,31-32,37-38H,5-6,17-22H2,2-3H3/t31-,32+,34?. The number of terminal acetylenes is 1. The van der Waals surface area contributed by atoms with Crippen LogP contribution in [0.1, 0.15) is 47.7 Å². The molecule has 0 spiro atoms. The quantitative estimate of drug-likeness (QED) is 0.301. The van der Waals surface area contributed by atoms with E-state index in [-0.39, 0.29) is 23.7 Å². The molecule has 1 unspecified atom stereocenters. The lowest BCUT2D eigenvalue weighted by Crippen LogP contribution is -2.62. The molecule has 45 heavy (non-hydrogen) atoms. The molecule has 0 bridgehead atoms. The second kappa shape index (κ2) is 14.1. The first-order valence-electron chi connectivity index (χ1n) is 15.0. The van der Waals surface area contributed by atoms with E-state index in [1.165, 1.54) is 6.26 Å². The highest BCUT2D eigenvalue weighted by Gasteiger charge is 2.54. The molecule has 2 fully saturated rings. The van der Waals surface area contributed by atoms with E-state index in [1.807, 2.05) is 72.5 Å². The maximum Gasteiger partial charge on any atom is 0.262 e. The van der Waals surface area contributed by atoms with E-state index < -0.39 is 15.5 Å². The number of benzene rings is 3. The van der Waals surface area contributed by atoms with Crippen LogP contribution >= 0.6 is 23.2 Å². The van der Waals surface area contributed by atoms with Gasteiger partial charge >= 0.3 is 0 Å². The molecule has 3 aromatic carbocycles. The lowest BCUT2D eigenvalue weighted by atomic mass is 9.95. The molecule has 1 amide bonds. The zero-order valence-corrected chi connectivity index (χ0v) is 27.8. The lowest BCUT2D eigenvalue weighted by Gasteiger charge is -2.40. The number of nitrogens with zero attached hydrogens (tertiary/aromatic N) is 2. The van der Waals surface area contributed by atoms with Gasteiger partial charge in [-0.1, -0.05) is 59.5 Å². The van der Waals surface area contributed by atoms with Gasteiger partial charge < -0.3 is 9.64 Å². The molecule has 3 atom stereocenters. The van der Waals surface area contributed by atoms with Crippen LogP contribution in [0.25, 0.3) is 0 Å². The molecule has 0 aromatic heterocycles. The molecule has 2 heterocycles. The third-order valence-electron chi connectivity index (χ3n) is 8.36. The van der Waals surface area contributed by atoms with Gasteiger partial charge in [-0.2, -0.15) is 0 Å². The summed E-state index contributed by atoms with van der Waals surface area (Å²) in [5, 5.41) is 8.69. The second-order valence-corrected chi connectivity index (χ2v) is 14.6. The minimum atomic E-state index is -3.02. The number of sulfone groups is 1. The van der Waals surface area contributed by atoms with Crippen molar-refractivity contribution in [2.24, 2.45) is 0 Å². The highest BCUT2D eigenvalue weighted by Crippen LogP contribution is 2.45. The Labute approximate surface area is 275 Å². The number of carbonyl (C=O) groups excluding carboxylic acids is 1. The van der Waals surface area contributed by atoms with Gasteiger partial charge in [-0.05, 0) is 67.4 Å². The van der Waals surface area contributed by atoms with Gasteiger partial charge in [0.15, 0.2) is 5.66 Å². The average Bonchev–Trinajstić information content (AvgIpc) is 3.43. The summed E-state index contributed by atoms with van der Waals surface area (Å²) < 4.78 is 29.4. The number of nitrogens with one attached hydrogen (secondary N) is 2. The fourth-order valence-electron chi connectivity index (χ4n) is 6.12. The van der Waals surface area contributed by atoms with Crippen molar-refractivity contribution in [3.05, 3.63) is 99.0 Å². The molecule has 2 aliphatic rings. The fraction of sp³-hybridized carbons (Fsp3) is 0.382. The summed E-state index contributed by atoms with van der Waals surface area (Å²) in [6.45, 7) is 5.21. The van der Waals surface area contributed by atoms with Crippen molar-refractivity contribution >= 4 is 38.9 Å². The van der Waals surface area contributed by atoms with Crippen LogP contribution in [-0.4, -0.2) is 75.5 Å². The van der Waals surface area contributed by atoms with Crippen molar-refractivity contribution in [3.8, 4) is 18.1 Å². The Hall–Kier alpha value is -3.10. The van der Waals surface area contributed by atoms with E-state index in [0.717, 1.165) is 11.1 Å². The predicted molar refractivity (Wildman–Crippen MR) is 179 cm³/mol. The van der Waals surface area contributed by atoms with Crippen molar-refractivity contribution in [1.29, 1.82) is 0 Å². The van der Waals surface area contributed by atoms with E-state index in [2.05, 4.69) is 21.5 Å². The summed E-state index contributed by atoms with van der Waals surface area (Å²) in [6.07, 6.45) is 7.56. The van der Waals surface area contributed by atoms with Gasteiger partial charge in [0, 0.05) is 53.6 Å². The highest BCUT2D eigenvalue weighted by molar-refractivity contribution is 7.90. The number of halogens is 2. The van der Waals surface area contributed by atoms with E-state index in [0.29, 0.717) is 72.7 Å². The van der Waals surface area contributed by atoms with Crippen LogP contribution in [0, 0.1) is 12.3 Å². The molecule has 3 aromatic rings. The molecule has 2 aliphatic heterocycles. The maximum absolute atomic E-state index is 14.9.